The quantitative estimate of drug-likeness (QED) is 0.0400. The number of thiol groups is 1. The van der Waals surface area contributed by atoms with Gasteiger partial charge in [0, 0.05) is 48.8 Å². The lowest BCUT2D eigenvalue weighted by Crippen LogP contribution is -2.51. The predicted molar refractivity (Wildman–Crippen MR) is 189 cm³/mol. The van der Waals surface area contributed by atoms with E-state index >= 15 is 0 Å². The second-order valence-corrected chi connectivity index (χ2v) is 14.8. The van der Waals surface area contributed by atoms with E-state index in [0.29, 0.717) is 37.6 Å². The van der Waals surface area contributed by atoms with Crippen LogP contribution in [0, 0.1) is 17.8 Å². The molecule has 2 saturated heterocycles. The number of amides is 5. The van der Waals surface area contributed by atoms with Crippen LogP contribution in [0.2, 0.25) is 0 Å². The van der Waals surface area contributed by atoms with Gasteiger partial charge in [-0.2, -0.15) is 24.4 Å². The van der Waals surface area contributed by atoms with E-state index in [1.165, 1.54) is 0 Å². The standard InChI is InChI=1S/C34H55N5O6S2/c1-22(2)18-24(25(20-46)33(43)44)31(41)37-26(19-23-12-6-5-7-13-23)32(42)36-17-11-4-3-10-16-35-29(40)15-9-8-14-28-30-27(21-47-28)38-34(45)39-30/h5-7,12-13,22,24-28,30,33,43-44,46H,3-4,8-11,14-21H2,1-2H3,(H,35,40)(H,36,42)(H,37,41)(H2,38,39,45). The van der Waals surface area contributed by atoms with Crippen LogP contribution in [0.25, 0.3) is 0 Å². The number of urea groups is 1. The lowest BCUT2D eigenvalue weighted by molar-refractivity contribution is -0.140. The highest BCUT2D eigenvalue weighted by Gasteiger charge is 2.42. The summed E-state index contributed by atoms with van der Waals surface area (Å²) in [6.07, 6.45) is 5.84. The van der Waals surface area contributed by atoms with E-state index < -0.39 is 24.2 Å². The number of fused-ring (bicyclic) bond motifs is 1. The summed E-state index contributed by atoms with van der Waals surface area (Å²) in [6.45, 7) is 5.03. The third kappa shape index (κ3) is 13.5. The molecule has 264 valence electrons. The van der Waals surface area contributed by atoms with Crippen molar-refractivity contribution in [3.8, 4) is 0 Å². The average molecular weight is 694 g/mol. The molecule has 0 aliphatic carbocycles. The molecule has 7 N–H and O–H groups in total. The van der Waals surface area contributed by atoms with Gasteiger partial charge in [0.25, 0.3) is 0 Å². The fraction of sp³-hybridized carbons (Fsp3) is 0.706. The number of thioether (sulfide) groups is 1. The van der Waals surface area contributed by atoms with Gasteiger partial charge in [-0.1, -0.05) is 63.4 Å². The number of aliphatic hydroxyl groups excluding tert-OH is 1. The molecule has 1 aromatic carbocycles. The molecule has 11 nitrogen and oxygen atoms in total. The van der Waals surface area contributed by atoms with Crippen molar-refractivity contribution >= 4 is 48.1 Å². The van der Waals surface area contributed by atoms with Crippen molar-refractivity contribution < 1.29 is 29.4 Å². The summed E-state index contributed by atoms with van der Waals surface area (Å²) in [4.78, 5) is 50.4. The number of rotatable bonds is 22. The van der Waals surface area contributed by atoms with Gasteiger partial charge >= 0.3 is 6.03 Å². The van der Waals surface area contributed by atoms with E-state index in [1.807, 2.05) is 55.9 Å². The Hall–Kier alpha value is -2.48. The van der Waals surface area contributed by atoms with E-state index in [-0.39, 0.29) is 47.5 Å². The van der Waals surface area contributed by atoms with Crippen LogP contribution in [0.4, 0.5) is 4.79 Å². The SMILES string of the molecule is CC(C)CC(C(=O)NC(Cc1ccccc1)C(=O)NCCCCCCNC(=O)CCCCC1SCC2NC(=O)NC21)C(CS)C(O)O. The third-order valence-electron chi connectivity index (χ3n) is 8.89. The molecule has 0 saturated carbocycles. The molecule has 0 spiro atoms. The first-order valence-electron chi connectivity index (χ1n) is 17.1. The Morgan fingerprint density at radius 2 is 1.66 bits per heavy atom. The minimum atomic E-state index is -1.69. The monoisotopic (exact) mass is 693 g/mol. The number of carbonyl (C=O) groups excluding carboxylic acids is 4. The van der Waals surface area contributed by atoms with Crippen LogP contribution in [0.15, 0.2) is 30.3 Å². The molecule has 2 aliphatic heterocycles. The van der Waals surface area contributed by atoms with Gasteiger partial charge in [-0.05, 0) is 49.3 Å². The Balaban J connectivity index is 1.32. The maximum Gasteiger partial charge on any atom is 0.315 e. The Kier molecular flexibility index (Phi) is 17.2. The average Bonchev–Trinajstić information content (AvgIpc) is 3.59. The number of nitrogens with one attached hydrogen (secondary N) is 5. The zero-order valence-corrected chi connectivity index (χ0v) is 29.5. The van der Waals surface area contributed by atoms with Gasteiger partial charge in [0.15, 0.2) is 6.29 Å². The van der Waals surface area contributed by atoms with Crippen LogP contribution >= 0.6 is 24.4 Å². The molecule has 2 heterocycles. The van der Waals surface area contributed by atoms with Gasteiger partial charge in [-0.15, -0.1) is 0 Å². The van der Waals surface area contributed by atoms with Gasteiger partial charge in [-0.3, -0.25) is 14.4 Å². The second kappa shape index (κ2) is 20.8. The Morgan fingerprint density at radius 3 is 2.32 bits per heavy atom. The Bertz CT molecular complexity index is 1130. The number of benzene rings is 1. The molecule has 2 aliphatic rings. The number of hydrogen-bond donors (Lipinski definition) is 8. The fourth-order valence-electron chi connectivity index (χ4n) is 6.28. The van der Waals surface area contributed by atoms with Gasteiger partial charge in [0.2, 0.25) is 17.7 Å². The number of hydrogen-bond acceptors (Lipinski definition) is 8. The maximum absolute atomic E-state index is 13.4. The van der Waals surface area contributed by atoms with Crippen molar-refractivity contribution in [2.45, 2.75) is 108 Å². The first-order valence-corrected chi connectivity index (χ1v) is 18.8. The maximum atomic E-state index is 13.4. The second-order valence-electron chi connectivity index (χ2n) is 13.2. The summed E-state index contributed by atoms with van der Waals surface area (Å²) in [6, 6.07) is 9.04. The minimum Gasteiger partial charge on any atom is -0.368 e. The molecule has 6 unspecified atom stereocenters. The minimum absolute atomic E-state index is 0.0703. The molecular formula is C34H55N5O6S2. The molecule has 13 heteroatoms. The molecule has 0 aromatic heterocycles. The lowest BCUT2D eigenvalue weighted by Gasteiger charge is -2.29. The summed E-state index contributed by atoms with van der Waals surface area (Å²) in [5, 5.41) is 35.0. The van der Waals surface area contributed by atoms with Crippen LogP contribution in [-0.4, -0.2) is 88.2 Å². The van der Waals surface area contributed by atoms with E-state index in [4.69, 9.17) is 0 Å². The van der Waals surface area contributed by atoms with Crippen LogP contribution in [0.3, 0.4) is 0 Å². The van der Waals surface area contributed by atoms with E-state index in [2.05, 4.69) is 39.2 Å². The van der Waals surface area contributed by atoms with Crippen LogP contribution in [0.1, 0.15) is 77.2 Å². The molecule has 5 amide bonds. The summed E-state index contributed by atoms with van der Waals surface area (Å²) in [5.41, 5.74) is 0.908. The van der Waals surface area contributed by atoms with Crippen molar-refractivity contribution in [3.05, 3.63) is 35.9 Å². The van der Waals surface area contributed by atoms with Crippen molar-refractivity contribution in [1.82, 2.24) is 26.6 Å². The van der Waals surface area contributed by atoms with E-state index in [0.717, 1.165) is 56.3 Å². The predicted octanol–water partition coefficient (Wildman–Crippen LogP) is 2.75. The first-order chi connectivity index (χ1) is 22.6. The highest BCUT2D eigenvalue weighted by atomic mass is 32.2. The van der Waals surface area contributed by atoms with Crippen molar-refractivity contribution in [1.29, 1.82) is 0 Å². The Morgan fingerprint density at radius 1 is 0.957 bits per heavy atom. The molecule has 0 radical (unpaired) electrons. The van der Waals surface area contributed by atoms with Gasteiger partial charge in [0.1, 0.15) is 6.04 Å². The first kappa shape index (κ1) is 39.0. The van der Waals surface area contributed by atoms with Crippen LogP contribution < -0.4 is 26.6 Å². The smallest absolute Gasteiger partial charge is 0.315 e. The summed E-state index contributed by atoms with van der Waals surface area (Å²) < 4.78 is 0. The summed E-state index contributed by atoms with van der Waals surface area (Å²) >= 11 is 6.15. The number of unbranched alkanes of at least 4 members (excludes halogenated alkanes) is 4. The van der Waals surface area contributed by atoms with Crippen molar-refractivity contribution in [2.75, 3.05) is 24.6 Å². The number of carbonyl (C=O) groups is 4. The molecule has 1 aromatic rings. The summed E-state index contributed by atoms with van der Waals surface area (Å²) in [5.74, 6) is -0.827. The van der Waals surface area contributed by atoms with E-state index in [9.17, 15) is 29.4 Å². The zero-order valence-electron chi connectivity index (χ0n) is 27.8. The normalized spacial score (nSPS) is 20.7. The number of aliphatic hydroxyl groups is 2. The molecular weight excluding hydrogens is 639 g/mol. The Labute approximate surface area is 289 Å². The lowest BCUT2D eigenvalue weighted by atomic mass is 9.84. The van der Waals surface area contributed by atoms with Gasteiger partial charge in [-0.25, -0.2) is 4.79 Å². The van der Waals surface area contributed by atoms with Crippen molar-refractivity contribution in [3.63, 3.8) is 0 Å². The zero-order chi connectivity index (χ0) is 34.2. The van der Waals surface area contributed by atoms with Crippen molar-refractivity contribution in [2.24, 2.45) is 17.8 Å². The molecule has 0 bridgehead atoms. The summed E-state index contributed by atoms with van der Waals surface area (Å²) in [7, 11) is 0. The fourth-order valence-corrected chi connectivity index (χ4v) is 8.27. The topological polar surface area (TPSA) is 169 Å². The van der Waals surface area contributed by atoms with Crippen LogP contribution in [-0.2, 0) is 20.8 Å². The van der Waals surface area contributed by atoms with Crippen LogP contribution in [0.5, 0.6) is 0 Å². The molecule has 3 rings (SSSR count). The molecule has 47 heavy (non-hydrogen) atoms. The van der Waals surface area contributed by atoms with Gasteiger partial charge in [0.05, 0.1) is 12.1 Å². The molecule has 2 fully saturated rings. The highest BCUT2D eigenvalue weighted by Crippen LogP contribution is 2.33. The third-order valence-corrected chi connectivity index (χ3v) is 10.8. The molecule has 6 atom stereocenters. The van der Waals surface area contributed by atoms with E-state index in [1.54, 1.807) is 0 Å². The highest BCUT2D eigenvalue weighted by molar-refractivity contribution is 8.00. The largest absolute Gasteiger partial charge is 0.368 e. The van der Waals surface area contributed by atoms with Gasteiger partial charge < -0.3 is 36.8 Å².